The van der Waals surface area contributed by atoms with E-state index in [1.165, 1.54) is 0 Å². The minimum atomic E-state index is 0.116. The first-order valence-electron chi connectivity index (χ1n) is 4.13. The second-order valence-corrected chi connectivity index (χ2v) is 3.41. The molecule has 0 aliphatic rings. The molecule has 0 spiro atoms. The molecule has 0 radical (unpaired) electrons. The Morgan fingerprint density at radius 1 is 1.67 bits per heavy atom. The summed E-state index contributed by atoms with van der Waals surface area (Å²) in [6.07, 6.45) is 3.90. The van der Waals surface area contributed by atoms with Gasteiger partial charge in [-0.2, -0.15) is 0 Å². The van der Waals surface area contributed by atoms with E-state index in [2.05, 4.69) is 4.98 Å². The van der Waals surface area contributed by atoms with Gasteiger partial charge in [0.05, 0.1) is 5.69 Å². The normalized spacial score (nSPS) is 10.7. The lowest BCUT2D eigenvalue weighted by Crippen LogP contribution is -2.10. The van der Waals surface area contributed by atoms with Crippen molar-refractivity contribution in [2.45, 2.75) is 27.2 Å². The van der Waals surface area contributed by atoms with Gasteiger partial charge >= 0.3 is 0 Å². The van der Waals surface area contributed by atoms with E-state index in [0.717, 1.165) is 5.69 Å². The summed E-state index contributed by atoms with van der Waals surface area (Å²) < 4.78 is 1.55. The largest absolute Gasteiger partial charge is 0.276 e. The summed E-state index contributed by atoms with van der Waals surface area (Å²) >= 11 is 0. The lowest BCUT2D eigenvalue weighted by Gasteiger charge is -2.02. The Labute approximate surface area is 72.4 Å². The number of hydrogen-bond acceptors (Lipinski definition) is 2. The standard InChI is InChI=1S/C9H14N2O/c1-7(2)4-9(12)11-5-8(3)10-6-11/h5-7H,4H2,1-3H3. The number of aromatic nitrogens is 2. The number of rotatable bonds is 2. The van der Waals surface area contributed by atoms with Crippen LogP contribution in [-0.2, 0) is 0 Å². The van der Waals surface area contributed by atoms with E-state index in [9.17, 15) is 4.79 Å². The molecule has 1 heterocycles. The minimum absolute atomic E-state index is 0.116. The van der Waals surface area contributed by atoms with Crippen molar-refractivity contribution in [3.05, 3.63) is 18.2 Å². The molecule has 0 aromatic carbocycles. The van der Waals surface area contributed by atoms with Gasteiger partial charge in [-0.1, -0.05) is 13.8 Å². The van der Waals surface area contributed by atoms with Gasteiger partial charge in [-0.3, -0.25) is 9.36 Å². The summed E-state index contributed by atoms with van der Waals surface area (Å²) in [7, 11) is 0. The van der Waals surface area contributed by atoms with Crippen LogP contribution in [0.3, 0.4) is 0 Å². The number of carbonyl (C=O) groups is 1. The second kappa shape index (κ2) is 3.52. The van der Waals surface area contributed by atoms with Crippen LogP contribution in [0.5, 0.6) is 0 Å². The quantitative estimate of drug-likeness (QED) is 0.672. The minimum Gasteiger partial charge on any atom is -0.276 e. The highest BCUT2D eigenvalue weighted by Gasteiger charge is 2.06. The molecule has 0 fully saturated rings. The predicted octanol–water partition coefficient (Wildman–Crippen LogP) is 1.88. The van der Waals surface area contributed by atoms with Crippen molar-refractivity contribution in [3.8, 4) is 0 Å². The Bertz CT molecular complexity index is 276. The molecule has 0 amide bonds. The average molecular weight is 166 g/mol. The summed E-state index contributed by atoms with van der Waals surface area (Å²) in [5.41, 5.74) is 0.882. The van der Waals surface area contributed by atoms with Gasteiger partial charge in [-0.25, -0.2) is 4.98 Å². The van der Waals surface area contributed by atoms with Crippen molar-refractivity contribution in [1.29, 1.82) is 0 Å². The average Bonchev–Trinajstić information content (AvgIpc) is 2.34. The van der Waals surface area contributed by atoms with E-state index in [1.54, 1.807) is 17.1 Å². The summed E-state index contributed by atoms with van der Waals surface area (Å²) in [6, 6.07) is 0. The molecule has 0 aliphatic heterocycles. The van der Waals surface area contributed by atoms with Crippen molar-refractivity contribution in [2.75, 3.05) is 0 Å². The van der Waals surface area contributed by atoms with Gasteiger partial charge in [0.2, 0.25) is 5.91 Å². The zero-order chi connectivity index (χ0) is 9.14. The maximum absolute atomic E-state index is 11.4. The van der Waals surface area contributed by atoms with Crippen LogP contribution in [0.4, 0.5) is 0 Å². The van der Waals surface area contributed by atoms with Crippen molar-refractivity contribution in [2.24, 2.45) is 5.92 Å². The monoisotopic (exact) mass is 166 g/mol. The first-order valence-corrected chi connectivity index (χ1v) is 4.13. The molecule has 1 aromatic heterocycles. The first-order chi connectivity index (χ1) is 5.59. The molecule has 0 unspecified atom stereocenters. The van der Waals surface area contributed by atoms with E-state index < -0.39 is 0 Å². The predicted molar refractivity (Wildman–Crippen MR) is 47.0 cm³/mol. The van der Waals surface area contributed by atoms with Crippen LogP contribution >= 0.6 is 0 Å². The topological polar surface area (TPSA) is 34.9 Å². The molecule has 3 nitrogen and oxygen atoms in total. The zero-order valence-corrected chi connectivity index (χ0v) is 7.74. The van der Waals surface area contributed by atoms with E-state index in [-0.39, 0.29) is 5.91 Å². The molecule has 0 saturated carbocycles. The molecule has 0 N–H and O–H groups in total. The maximum atomic E-state index is 11.4. The van der Waals surface area contributed by atoms with Crippen molar-refractivity contribution < 1.29 is 4.79 Å². The van der Waals surface area contributed by atoms with Gasteiger partial charge < -0.3 is 0 Å². The molecular weight excluding hydrogens is 152 g/mol. The fourth-order valence-electron chi connectivity index (χ4n) is 1.01. The molecule has 1 rings (SSSR count). The Hall–Kier alpha value is -1.12. The van der Waals surface area contributed by atoms with Crippen molar-refractivity contribution in [3.63, 3.8) is 0 Å². The second-order valence-electron chi connectivity index (χ2n) is 3.41. The third-order valence-electron chi connectivity index (χ3n) is 1.58. The van der Waals surface area contributed by atoms with Crippen LogP contribution in [0.1, 0.15) is 30.8 Å². The summed E-state index contributed by atoms with van der Waals surface area (Å²) in [5.74, 6) is 0.519. The molecule has 0 bridgehead atoms. The SMILES string of the molecule is Cc1cn(C(=O)CC(C)C)cn1. The Kier molecular flexibility index (Phi) is 2.63. The molecular formula is C9H14N2O. The van der Waals surface area contributed by atoms with Gasteiger partial charge in [0.1, 0.15) is 6.33 Å². The first kappa shape index (κ1) is 8.97. The highest BCUT2D eigenvalue weighted by atomic mass is 16.2. The van der Waals surface area contributed by atoms with Gasteiger partial charge in [-0.05, 0) is 12.8 Å². The van der Waals surface area contributed by atoms with Crippen molar-refractivity contribution >= 4 is 5.91 Å². The smallest absolute Gasteiger partial charge is 0.232 e. The third-order valence-corrected chi connectivity index (χ3v) is 1.58. The van der Waals surface area contributed by atoms with Crippen LogP contribution in [0.15, 0.2) is 12.5 Å². The number of aryl methyl sites for hydroxylation is 1. The maximum Gasteiger partial charge on any atom is 0.232 e. The van der Waals surface area contributed by atoms with Gasteiger partial charge in [0.25, 0.3) is 0 Å². The number of imidazole rings is 1. The molecule has 12 heavy (non-hydrogen) atoms. The highest BCUT2D eigenvalue weighted by molar-refractivity contribution is 5.78. The molecule has 0 saturated heterocycles. The Morgan fingerprint density at radius 3 is 2.75 bits per heavy atom. The van der Waals surface area contributed by atoms with E-state index in [0.29, 0.717) is 12.3 Å². The van der Waals surface area contributed by atoms with Crippen LogP contribution in [0.25, 0.3) is 0 Å². The third kappa shape index (κ3) is 2.19. The zero-order valence-electron chi connectivity index (χ0n) is 7.74. The van der Waals surface area contributed by atoms with E-state index in [4.69, 9.17) is 0 Å². The molecule has 1 aromatic rings. The lowest BCUT2D eigenvalue weighted by molar-refractivity contribution is 0.0886. The van der Waals surface area contributed by atoms with Crippen LogP contribution in [0.2, 0.25) is 0 Å². The number of nitrogens with zero attached hydrogens (tertiary/aromatic N) is 2. The summed E-state index contributed by atoms with van der Waals surface area (Å²) in [6.45, 7) is 5.93. The fraction of sp³-hybridized carbons (Fsp3) is 0.556. The summed E-state index contributed by atoms with van der Waals surface area (Å²) in [5, 5.41) is 0. The van der Waals surface area contributed by atoms with Crippen LogP contribution in [0, 0.1) is 12.8 Å². The van der Waals surface area contributed by atoms with Gasteiger partial charge in [0, 0.05) is 12.6 Å². The molecule has 0 aliphatic carbocycles. The van der Waals surface area contributed by atoms with E-state index in [1.807, 2.05) is 20.8 Å². The summed E-state index contributed by atoms with van der Waals surface area (Å²) in [4.78, 5) is 15.4. The van der Waals surface area contributed by atoms with Crippen LogP contribution < -0.4 is 0 Å². The van der Waals surface area contributed by atoms with Gasteiger partial charge in [-0.15, -0.1) is 0 Å². The van der Waals surface area contributed by atoms with Crippen molar-refractivity contribution in [1.82, 2.24) is 9.55 Å². The Morgan fingerprint density at radius 2 is 2.33 bits per heavy atom. The molecule has 66 valence electrons. The lowest BCUT2D eigenvalue weighted by atomic mass is 10.1. The van der Waals surface area contributed by atoms with E-state index >= 15 is 0 Å². The number of hydrogen-bond donors (Lipinski definition) is 0. The highest BCUT2D eigenvalue weighted by Crippen LogP contribution is 2.03. The molecule has 3 heteroatoms. The van der Waals surface area contributed by atoms with Gasteiger partial charge in [0.15, 0.2) is 0 Å². The fourth-order valence-corrected chi connectivity index (χ4v) is 1.01. The molecule has 0 atom stereocenters. The van der Waals surface area contributed by atoms with Crippen LogP contribution in [-0.4, -0.2) is 15.5 Å². The number of carbonyl (C=O) groups excluding carboxylic acids is 1. The Balaban J connectivity index is 2.65.